The minimum Gasteiger partial charge on any atom is -0.207 e. The summed E-state index contributed by atoms with van der Waals surface area (Å²) in [6.07, 6.45) is 1.17. The minimum atomic E-state index is -0.0318. The Balaban J connectivity index is 2.16. The Morgan fingerprint density at radius 2 is 2.00 bits per heavy atom. The lowest BCUT2D eigenvalue weighted by molar-refractivity contribution is 0.538. The molecule has 0 bridgehead atoms. The van der Waals surface area contributed by atoms with Crippen LogP contribution in [0.3, 0.4) is 0 Å². The number of benzene rings is 1. The van der Waals surface area contributed by atoms with Crippen molar-refractivity contribution < 1.29 is 4.39 Å². The smallest absolute Gasteiger partial charge is 0.126 e. The molecule has 1 aliphatic rings. The molecule has 0 saturated heterocycles. The summed E-state index contributed by atoms with van der Waals surface area (Å²) in [5.41, 5.74) is 0.918. The zero-order valence-electron chi connectivity index (χ0n) is 8.13. The van der Waals surface area contributed by atoms with Crippen LogP contribution < -0.4 is 0 Å². The monoisotopic (exact) mass is 178 g/mol. The van der Waals surface area contributed by atoms with Gasteiger partial charge in [-0.15, -0.1) is 0 Å². The fourth-order valence-corrected chi connectivity index (χ4v) is 2.08. The van der Waals surface area contributed by atoms with Crippen LogP contribution in [0, 0.1) is 17.7 Å². The second kappa shape index (κ2) is 3.13. The summed E-state index contributed by atoms with van der Waals surface area (Å²) >= 11 is 0. The van der Waals surface area contributed by atoms with Crippen LogP contribution in [-0.4, -0.2) is 0 Å². The lowest BCUT2D eigenvalue weighted by atomic mass is 10.0. The van der Waals surface area contributed by atoms with Crippen molar-refractivity contribution in [3.63, 3.8) is 0 Å². The first-order chi connectivity index (χ1) is 6.20. The topological polar surface area (TPSA) is 0 Å². The van der Waals surface area contributed by atoms with Crippen molar-refractivity contribution in [3.05, 3.63) is 35.6 Å². The molecule has 2 rings (SSSR count). The zero-order valence-corrected chi connectivity index (χ0v) is 8.13. The number of halogens is 1. The van der Waals surface area contributed by atoms with Crippen molar-refractivity contribution in [1.29, 1.82) is 0 Å². The maximum Gasteiger partial charge on any atom is 0.126 e. The third-order valence-corrected chi connectivity index (χ3v) is 3.00. The quantitative estimate of drug-likeness (QED) is 0.649. The van der Waals surface area contributed by atoms with Gasteiger partial charge in [-0.3, -0.25) is 0 Å². The highest BCUT2D eigenvalue weighted by Crippen LogP contribution is 2.52. The maximum absolute atomic E-state index is 13.3. The fraction of sp³-hybridized carbons (Fsp3) is 0.500. The van der Waals surface area contributed by atoms with E-state index in [1.54, 1.807) is 12.1 Å². The molecule has 0 unspecified atom stereocenters. The molecule has 2 atom stereocenters. The van der Waals surface area contributed by atoms with Crippen molar-refractivity contribution >= 4 is 0 Å². The summed E-state index contributed by atoms with van der Waals surface area (Å²) in [6, 6.07) is 7.16. The van der Waals surface area contributed by atoms with E-state index in [1.807, 2.05) is 12.1 Å². The van der Waals surface area contributed by atoms with E-state index in [0.717, 1.165) is 5.56 Å². The first kappa shape index (κ1) is 8.74. The molecule has 0 heterocycles. The van der Waals surface area contributed by atoms with Gasteiger partial charge in [0.05, 0.1) is 0 Å². The van der Waals surface area contributed by atoms with E-state index in [9.17, 15) is 4.39 Å². The van der Waals surface area contributed by atoms with Gasteiger partial charge in [-0.2, -0.15) is 0 Å². The van der Waals surface area contributed by atoms with Crippen molar-refractivity contribution in [2.75, 3.05) is 0 Å². The highest BCUT2D eigenvalue weighted by Gasteiger charge is 2.41. The molecule has 1 fully saturated rings. The van der Waals surface area contributed by atoms with Crippen LogP contribution in [0.4, 0.5) is 4.39 Å². The molecule has 0 N–H and O–H groups in total. The van der Waals surface area contributed by atoms with Gasteiger partial charge in [0, 0.05) is 0 Å². The van der Waals surface area contributed by atoms with E-state index < -0.39 is 0 Å². The van der Waals surface area contributed by atoms with Crippen LogP contribution in [0.5, 0.6) is 0 Å². The minimum absolute atomic E-state index is 0.0318. The Bertz CT molecular complexity index is 304. The molecule has 1 aromatic rings. The van der Waals surface area contributed by atoms with Crippen LogP contribution in [0.2, 0.25) is 0 Å². The predicted octanol–water partition coefficient (Wildman–Crippen LogP) is 3.59. The maximum atomic E-state index is 13.3. The Labute approximate surface area is 78.8 Å². The molecule has 70 valence electrons. The van der Waals surface area contributed by atoms with Gasteiger partial charge in [0.25, 0.3) is 0 Å². The van der Waals surface area contributed by atoms with E-state index in [2.05, 4.69) is 13.8 Å². The highest BCUT2D eigenvalue weighted by molar-refractivity contribution is 5.27. The van der Waals surface area contributed by atoms with E-state index in [1.165, 1.54) is 6.42 Å². The van der Waals surface area contributed by atoms with Gasteiger partial charge in [0.1, 0.15) is 5.82 Å². The molecule has 13 heavy (non-hydrogen) atoms. The summed E-state index contributed by atoms with van der Waals surface area (Å²) in [5, 5.41) is 0. The van der Waals surface area contributed by atoms with E-state index in [-0.39, 0.29) is 5.82 Å². The van der Waals surface area contributed by atoms with E-state index >= 15 is 0 Å². The average molecular weight is 178 g/mol. The largest absolute Gasteiger partial charge is 0.207 e. The standard InChI is InChI=1S/C12H15F/c1-8(2)10-7-11(10)9-5-3-4-6-12(9)13/h3-6,8,10-11H,7H2,1-2H3/t10-,11-/m0/s1. The van der Waals surface area contributed by atoms with Gasteiger partial charge in [0.15, 0.2) is 0 Å². The van der Waals surface area contributed by atoms with Crippen molar-refractivity contribution in [1.82, 2.24) is 0 Å². The first-order valence-electron chi connectivity index (χ1n) is 4.94. The molecule has 0 nitrogen and oxygen atoms in total. The second-order valence-electron chi connectivity index (χ2n) is 4.27. The van der Waals surface area contributed by atoms with Crippen LogP contribution >= 0.6 is 0 Å². The van der Waals surface area contributed by atoms with Crippen LogP contribution in [-0.2, 0) is 0 Å². The lowest BCUT2D eigenvalue weighted by Crippen LogP contribution is -1.94. The summed E-state index contributed by atoms with van der Waals surface area (Å²) in [4.78, 5) is 0. The summed E-state index contributed by atoms with van der Waals surface area (Å²) in [5.74, 6) is 1.85. The van der Waals surface area contributed by atoms with Crippen molar-refractivity contribution in [2.24, 2.45) is 11.8 Å². The molecule has 0 aliphatic heterocycles. The average Bonchev–Trinajstić information content (AvgIpc) is 2.84. The Hall–Kier alpha value is -0.850. The zero-order chi connectivity index (χ0) is 9.42. The third-order valence-electron chi connectivity index (χ3n) is 3.00. The van der Waals surface area contributed by atoms with Crippen LogP contribution in [0.15, 0.2) is 24.3 Å². The molecule has 0 aromatic heterocycles. The summed E-state index contributed by atoms with van der Waals surface area (Å²) < 4.78 is 13.3. The van der Waals surface area contributed by atoms with Crippen LogP contribution in [0.1, 0.15) is 31.7 Å². The van der Waals surface area contributed by atoms with Crippen LogP contribution in [0.25, 0.3) is 0 Å². The third kappa shape index (κ3) is 1.60. The molecule has 0 spiro atoms. The lowest BCUT2D eigenvalue weighted by Gasteiger charge is -2.04. The van der Waals surface area contributed by atoms with Gasteiger partial charge >= 0.3 is 0 Å². The number of rotatable bonds is 2. The molecular weight excluding hydrogens is 163 g/mol. The normalized spacial score (nSPS) is 26.5. The molecule has 1 aliphatic carbocycles. The second-order valence-corrected chi connectivity index (χ2v) is 4.27. The molecule has 0 amide bonds. The van der Waals surface area contributed by atoms with Gasteiger partial charge in [-0.05, 0) is 35.8 Å². The Kier molecular flexibility index (Phi) is 2.10. The number of hydrogen-bond acceptors (Lipinski definition) is 0. The molecular formula is C12H15F. The molecule has 1 aromatic carbocycles. The molecule has 1 saturated carbocycles. The fourth-order valence-electron chi connectivity index (χ4n) is 2.08. The SMILES string of the molecule is CC(C)[C@@H]1C[C@H]1c1ccccc1F. The van der Waals surface area contributed by atoms with Crippen molar-refractivity contribution in [3.8, 4) is 0 Å². The predicted molar refractivity (Wildman–Crippen MR) is 52.1 cm³/mol. The van der Waals surface area contributed by atoms with Crippen molar-refractivity contribution in [2.45, 2.75) is 26.2 Å². The number of hydrogen-bond donors (Lipinski definition) is 0. The van der Waals surface area contributed by atoms with Gasteiger partial charge in [-0.25, -0.2) is 4.39 Å². The van der Waals surface area contributed by atoms with Gasteiger partial charge in [0.2, 0.25) is 0 Å². The summed E-state index contributed by atoms with van der Waals surface area (Å²) in [7, 11) is 0. The molecule has 1 heteroatoms. The van der Waals surface area contributed by atoms with E-state index in [0.29, 0.717) is 17.8 Å². The first-order valence-corrected chi connectivity index (χ1v) is 4.94. The van der Waals surface area contributed by atoms with Gasteiger partial charge in [-0.1, -0.05) is 32.0 Å². The molecule has 0 radical (unpaired) electrons. The highest BCUT2D eigenvalue weighted by atomic mass is 19.1. The van der Waals surface area contributed by atoms with Gasteiger partial charge < -0.3 is 0 Å². The Morgan fingerprint density at radius 1 is 1.31 bits per heavy atom. The Morgan fingerprint density at radius 3 is 2.54 bits per heavy atom. The van der Waals surface area contributed by atoms with E-state index in [4.69, 9.17) is 0 Å². The summed E-state index contributed by atoms with van der Waals surface area (Å²) in [6.45, 7) is 4.43.